The molecule has 0 aromatic rings. The fraction of sp³-hybridized carbons (Fsp3) is 0.929. The van der Waals surface area contributed by atoms with Crippen LogP contribution in [0.25, 0.3) is 0 Å². The number of carboxylic acid groups (broad SMARTS) is 1. The SMILES string of the molecule is CNC(C)(CC(C)N1CCCC1CN(C)C)C(=O)O. The monoisotopic (exact) mass is 271 g/mol. The van der Waals surface area contributed by atoms with Gasteiger partial charge < -0.3 is 15.3 Å². The van der Waals surface area contributed by atoms with Crippen LogP contribution in [-0.2, 0) is 4.79 Å². The Kier molecular flexibility index (Phi) is 5.77. The number of hydrogen-bond donors (Lipinski definition) is 2. The fourth-order valence-electron chi connectivity index (χ4n) is 3.06. The Hall–Kier alpha value is -0.650. The van der Waals surface area contributed by atoms with E-state index in [-0.39, 0.29) is 6.04 Å². The van der Waals surface area contributed by atoms with E-state index in [1.807, 2.05) is 0 Å². The molecule has 19 heavy (non-hydrogen) atoms. The number of likely N-dealkylation sites (N-methyl/N-ethyl adjacent to an activating group) is 2. The van der Waals surface area contributed by atoms with Crippen LogP contribution >= 0.6 is 0 Å². The summed E-state index contributed by atoms with van der Waals surface area (Å²) in [5, 5.41) is 12.3. The van der Waals surface area contributed by atoms with Crippen molar-refractivity contribution in [3.05, 3.63) is 0 Å². The van der Waals surface area contributed by atoms with Crippen molar-refractivity contribution in [1.82, 2.24) is 15.1 Å². The number of likely N-dealkylation sites (tertiary alicyclic amines) is 1. The summed E-state index contributed by atoms with van der Waals surface area (Å²) in [6, 6.07) is 0.834. The van der Waals surface area contributed by atoms with Crippen LogP contribution in [0.5, 0.6) is 0 Å². The first-order valence-electron chi connectivity index (χ1n) is 7.13. The molecule has 112 valence electrons. The molecule has 0 amide bonds. The predicted molar refractivity (Wildman–Crippen MR) is 77.5 cm³/mol. The Morgan fingerprint density at radius 3 is 2.68 bits per heavy atom. The number of nitrogens with zero attached hydrogens (tertiary/aromatic N) is 2. The molecule has 3 unspecified atom stereocenters. The number of carboxylic acids is 1. The standard InChI is InChI=1S/C14H29N3O2/c1-11(9-14(2,15-3)13(18)19)17-8-6-7-12(17)10-16(4)5/h11-12,15H,6-10H2,1-5H3,(H,18,19). The molecule has 0 aliphatic carbocycles. The first-order valence-corrected chi connectivity index (χ1v) is 7.13. The van der Waals surface area contributed by atoms with Crippen LogP contribution in [0.4, 0.5) is 0 Å². The van der Waals surface area contributed by atoms with E-state index in [1.54, 1.807) is 14.0 Å². The molecule has 1 fully saturated rings. The highest BCUT2D eigenvalue weighted by molar-refractivity contribution is 5.78. The zero-order valence-corrected chi connectivity index (χ0v) is 12.9. The van der Waals surface area contributed by atoms with Crippen LogP contribution in [0.3, 0.4) is 0 Å². The molecular formula is C14H29N3O2. The largest absolute Gasteiger partial charge is 0.480 e. The maximum atomic E-state index is 11.4. The Balaban J connectivity index is 2.66. The van der Waals surface area contributed by atoms with Crippen molar-refractivity contribution in [1.29, 1.82) is 0 Å². The van der Waals surface area contributed by atoms with Gasteiger partial charge in [0.25, 0.3) is 0 Å². The minimum absolute atomic E-state index is 0.279. The molecule has 1 aliphatic rings. The summed E-state index contributed by atoms with van der Waals surface area (Å²) in [5.74, 6) is -0.773. The Morgan fingerprint density at radius 2 is 2.21 bits per heavy atom. The van der Waals surface area contributed by atoms with Gasteiger partial charge >= 0.3 is 5.97 Å². The lowest BCUT2D eigenvalue weighted by Gasteiger charge is -2.36. The van der Waals surface area contributed by atoms with E-state index in [0.29, 0.717) is 12.5 Å². The molecular weight excluding hydrogens is 242 g/mol. The molecule has 0 aromatic carbocycles. The summed E-state index contributed by atoms with van der Waals surface area (Å²) < 4.78 is 0. The van der Waals surface area contributed by atoms with Gasteiger partial charge in [-0.3, -0.25) is 9.69 Å². The summed E-state index contributed by atoms with van der Waals surface area (Å²) in [6.45, 7) is 6.04. The Labute approximate surface area is 117 Å². The van der Waals surface area contributed by atoms with Crippen molar-refractivity contribution in [2.45, 2.75) is 50.7 Å². The third-order valence-electron chi connectivity index (χ3n) is 4.29. The molecule has 2 N–H and O–H groups in total. The number of hydrogen-bond acceptors (Lipinski definition) is 4. The van der Waals surface area contributed by atoms with Gasteiger partial charge in [0.1, 0.15) is 5.54 Å². The maximum Gasteiger partial charge on any atom is 0.323 e. The molecule has 5 heteroatoms. The van der Waals surface area contributed by atoms with Crippen molar-refractivity contribution in [3.8, 4) is 0 Å². The summed E-state index contributed by atoms with van der Waals surface area (Å²) in [7, 11) is 5.91. The van der Waals surface area contributed by atoms with Gasteiger partial charge in [0.05, 0.1) is 0 Å². The van der Waals surface area contributed by atoms with E-state index < -0.39 is 11.5 Å². The van der Waals surface area contributed by atoms with Gasteiger partial charge in [-0.25, -0.2) is 0 Å². The third kappa shape index (κ3) is 4.16. The second-order valence-electron chi connectivity index (χ2n) is 6.24. The van der Waals surface area contributed by atoms with Gasteiger partial charge in [0.15, 0.2) is 0 Å². The first kappa shape index (κ1) is 16.4. The number of nitrogens with one attached hydrogen (secondary N) is 1. The summed E-state index contributed by atoms with van der Waals surface area (Å²) >= 11 is 0. The van der Waals surface area contributed by atoms with Crippen LogP contribution in [-0.4, -0.2) is 72.7 Å². The van der Waals surface area contributed by atoms with Gasteiger partial charge in [-0.1, -0.05) is 0 Å². The van der Waals surface area contributed by atoms with Gasteiger partial charge in [-0.15, -0.1) is 0 Å². The lowest BCUT2D eigenvalue weighted by atomic mass is 9.93. The fourth-order valence-corrected chi connectivity index (χ4v) is 3.06. The molecule has 1 aliphatic heterocycles. The van der Waals surface area contributed by atoms with Gasteiger partial charge in [-0.2, -0.15) is 0 Å². The topological polar surface area (TPSA) is 55.8 Å². The van der Waals surface area contributed by atoms with E-state index in [2.05, 4.69) is 36.1 Å². The van der Waals surface area contributed by atoms with Gasteiger partial charge in [-0.05, 0) is 60.8 Å². The maximum absolute atomic E-state index is 11.4. The van der Waals surface area contributed by atoms with E-state index >= 15 is 0 Å². The average Bonchev–Trinajstić information content (AvgIpc) is 2.75. The van der Waals surface area contributed by atoms with Crippen molar-refractivity contribution >= 4 is 5.97 Å². The van der Waals surface area contributed by atoms with E-state index in [0.717, 1.165) is 13.1 Å². The first-order chi connectivity index (χ1) is 8.80. The minimum atomic E-state index is -0.843. The molecule has 1 saturated heterocycles. The molecule has 5 nitrogen and oxygen atoms in total. The number of rotatable bonds is 7. The van der Waals surface area contributed by atoms with E-state index in [9.17, 15) is 9.90 Å². The van der Waals surface area contributed by atoms with E-state index in [1.165, 1.54) is 12.8 Å². The smallest absolute Gasteiger partial charge is 0.323 e. The molecule has 3 atom stereocenters. The quantitative estimate of drug-likeness (QED) is 0.719. The number of aliphatic carboxylic acids is 1. The molecule has 1 heterocycles. The van der Waals surface area contributed by atoms with Gasteiger partial charge in [0, 0.05) is 18.6 Å². The van der Waals surface area contributed by atoms with Crippen LogP contribution in [0.2, 0.25) is 0 Å². The van der Waals surface area contributed by atoms with Crippen molar-refractivity contribution in [3.63, 3.8) is 0 Å². The van der Waals surface area contributed by atoms with Crippen LogP contribution in [0.15, 0.2) is 0 Å². The lowest BCUT2D eigenvalue weighted by Crippen LogP contribution is -2.53. The molecule has 0 radical (unpaired) electrons. The Morgan fingerprint density at radius 1 is 1.58 bits per heavy atom. The van der Waals surface area contributed by atoms with Crippen LogP contribution < -0.4 is 5.32 Å². The normalized spacial score (nSPS) is 25.5. The third-order valence-corrected chi connectivity index (χ3v) is 4.29. The van der Waals surface area contributed by atoms with Crippen molar-refractivity contribution in [2.24, 2.45) is 0 Å². The minimum Gasteiger partial charge on any atom is -0.480 e. The molecule has 0 spiro atoms. The zero-order valence-electron chi connectivity index (χ0n) is 12.9. The number of carbonyl (C=O) groups is 1. The summed E-state index contributed by atoms with van der Waals surface area (Å²) in [5.41, 5.74) is -0.843. The summed E-state index contributed by atoms with van der Waals surface area (Å²) in [4.78, 5) is 16.1. The summed E-state index contributed by atoms with van der Waals surface area (Å²) in [6.07, 6.45) is 3.06. The average molecular weight is 271 g/mol. The lowest BCUT2D eigenvalue weighted by molar-refractivity contribution is -0.144. The second-order valence-corrected chi connectivity index (χ2v) is 6.24. The highest BCUT2D eigenvalue weighted by Crippen LogP contribution is 2.25. The Bertz CT molecular complexity index is 309. The highest BCUT2D eigenvalue weighted by atomic mass is 16.4. The molecule has 0 bridgehead atoms. The second kappa shape index (κ2) is 6.68. The predicted octanol–water partition coefficient (Wildman–Crippen LogP) is 0.854. The van der Waals surface area contributed by atoms with Crippen molar-refractivity contribution < 1.29 is 9.90 Å². The highest BCUT2D eigenvalue weighted by Gasteiger charge is 2.37. The molecule has 1 rings (SSSR count). The molecule has 0 aromatic heterocycles. The zero-order chi connectivity index (χ0) is 14.6. The molecule has 0 saturated carbocycles. The van der Waals surface area contributed by atoms with Crippen LogP contribution in [0.1, 0.15) is 33.1 Å². The van der Waals surface area contributed by atoms with Crippen LogP contribution in [0, 0.1) is 0 Å². The van der Waals surface area contributed by atoms with Gasteiger partial charge in [0.2, 0.25) is 0 Å². The van der Waals surface area contributed by atoms with E-state index in [4.69, 9.17) is 0 Å². The van der Waals surface area contributed by atoms with Crippen molar-refractivity contribution in [2.75, 3.05) is 34.2 Å².